The molecule has 2 nitrogen and oxygen atoms in total. The van der Waals surface area contributed by atoms with Crippen LogP contribution in [-0.4, -0.2) is 10.9 Å². The van der Waals surface area contributed by atoms with Gasteiger partial charge in [-0.2, -0.15) is 13.2 Å². The Balaban J connectivity index is 1.81. The Morgan fingerprint density at radius 1 is 1.00 bits per heavy atom. The molecule has 0 aliphatic heterocycles. The fraction of sp³-hybridized carbons (Fsp3) is 0.278. The first kappa shape index (κ1) is 15.7. The summed E-state index contributed by atoms with van der Waals surface area (Å²) in [5, 5.41) is 10.4. The molecule has 0 unspecified atom stereocenters. The second-order valence-electron chi connectivity index (χ2n) is 5.78. The number of rotatable bonds is 3. The van der Waals surface area contributed by atoms with Gasteiger partial charge in [0.2, 0.25) is 0 Å². The molecule has 0 heterocycles. The SMILES string of the molecule is O=C1C[C@H](c2ccccc2)[C@H]1[C@@H](O)c1ccc(C(F)(F)F)cc1. The highest BCUT2D eigenvalue weighted by atomic mass is 19.4. The summed E-state index contributed by atoms with van der Waals surface area (Å²) < 4.78 is 37.8. The van der Waals surface area contributed by atoms with Crippen LogP contribution in [0, 0.1) is 5.92 Å². The molecule has 1 N–H and O–H groups in total. The summed E-state index contributed by atoms with van der Waals surface area (Å²) in [7, 11) is 0. The summed E-state index contributed by atoms with van der Waals surface area (Å²) in [6.45, 7) is 0. The molecule has 0 radical (unpaired) electrons. The molecule has 2 aromatic rings. The van der Waals surface area contributed by atoms with Crippen molar-refractivity contribution in [3.05, 3.63) is 71.3 Å². The van der Waals surface area contributed by atoms with E-state index in [0.717, 1.165) is 17.7 Å². The molecule has 0 bridgehead atoms. The molecule has 3 atom stereocenters. The molecular weight excluding hydrogens is 305 g/mol. The lowest BCUT2D eigenvalue weighted by Gasteiger charge is -2.38. The topological polar surface area (TPSA) is 37.3 Å². The van der Waals surface area contributed by atoms with Gasteiger partial charge in [0.1, 0.15) is 5.78 Å². The van der Waals surface area contributed by atoms with Crippen LogP contribution in [0.2, 0.25) is 0 Å². The largest absolute Gasteiger partial charge is 0.416 e. The van der Waals surface area contributed by atoms with Crippen LogP contribution in [0.1, 0.15) is 35.1 Å². The van der Waals surface area contributed by atoms with Crippen molar-refractivity contribution in [1.29, 1.82) is 0 Å². The predicted octanol–water partition coefficient (Wildman–Crippen LogP) is 4.11. The van der Waals surface area contributed by atoms with Crippen molar-refractivity contribution >= 4 is 5.78 Å². The fourth-order valence-electron chi connectivity index (χ4n) is 3.04. The van der Waals surface area contributed by atoms with Gasteiger partial charge in [-0.3, -0.25) is 4.79 Å². The monoisotopic (exact) mass is 320 g/mol. The van der Waals surface area contributed by atoms with Crippen LogP contribution in [-0.2, 0) is 11.0 Å². The van der Waals surface area contributed by atoms with Gasteiger partial charge in [0, 0.05) is 12.3 Å². The van der Waals surface area contributed by atoms with Crippen LogP contribution < -0.4 is 0 Å². The van der Waals surface area contributed by atoms with Gasteiger partial charge < -0.3 is 5.11 Å². The summed E-state index contributed by atoms with van der Waals surface area (Å²) in [6.07, 6.45) is -5.15. The van der Waals surface area contributed by atoms with E-state index in [1.807, 2.05) is 30.3 Å². The number of hydrogen-bond acceptors (Lipinski definition) is 2. The summed E-state index contributed by atoms with van der Waals surface area (Å²) >= 11 is 0. The highest BCUT2D eigenvalue weighted by molar-refractivity contribution is 5.90. The minimum Gasteiger partial charge on any atom is -0.388 e. The van der Waals surface area contributed by atoms with Crippen molar-refractivity contribution in [3.63, 3.8) is 0 Å². The normalized spacial score (nSPS) is 22.5. The van der Waals surface area contributed by atoms with Crippen LogP contribution in [0.4, 0.5) is 13.2 Å². The van der Waals surface area contributed by atoms with E-state index in [2.05, 4.69) is 0 Å². The summed E-state index contributed by atoms with van der Waals surface area (Å²) in [6, 6.07) is 13.7. The van der Waals surface area contributed by atoms with E-state index >= 15 is 0 Å². The number of halogens is 3. The van der Waals surface area contributed by atoms with E-state index in [4.69, 9.17) is 0 Å². The second-order valence-corrected chi connectivity index (χ2v) is 5.78. The number of Topliss-reactive ketones (excluding diaryl/α,β-unsaturated/α-hetero) is 1. The number of aliphatic hydroxyl groups is 1. The molecular formula is C18H15F3O2. The van der Waals surface area contributed by atoms with Crippen LogP contribution in [0.3, 0.4) is 0 Å². The van der Waals surface area contributed by atoms with Crippen molar-refractivity contribution in [1.82, 2.24) is 0 Å². The number of ketones is 1. The van der Waals surface area contributed by atoms with Crippen molar-refractivity contribution < 1.29 is 23.1 Å². The van der Waals surface area contributed by atoms with E-state index in [-0.39, 0.29) is 11.7 Å². The summed E-state index contributed by atoms with van der Waals surface area (Å²) in [4.78, 5) is 11.9. The zero-order valence-electron chi connectivity index (χ0n) is 12.1. The molecule has 1 aliphatic rings. The molecule has 0 spiro atoms. The Morgan fingerprint density at radius 2 is 1.61 bits per heavy atom. The van der Waals surface area contributed by atoms with Gasteiger partial charge in [0.25, 0.3) is 0 Å². The lowest BCUT2D eigenvalue weighted by atomic mass is 9.65. The van der Waals surface area contributed by atoms with Gasteiger partial charge in [-0.1, -0.05) is 42.5 Å². The predicted molar refractivity (Wildman–Crippen MR) is 78.7 cm³/mol. The molecule has 120 valence electrons. The number of alkyl halides is 3. The first-order valence-electron chi connectivity index (χ1n) is 7.31. The van der Waals surface area contributed by atoms with E-state index in [0.29, 0.717) is 12.0 Å². The molecule has 3 rings (SSSR count). The number of aliphatic hydroxyl groups excluding tert-OH is 1. The maximum absolute atomic E-state index is 12.6. The first-order chi connectivity index (χ1) is 10.9. The Labute approximate surface area is 131 Å². The molecule has 0 aromatic heterocycles. The fourth-order valence-corrected chi connectivity index (χ4v) is 3.04. The third-order valence-electron chi connectivity index (χ3n) is 4.37. The number of benzene rings is 2. The lowest BCUT2D eigenvalue weighted by Crippen LogP contribution is -2.39. The Hall–Kier alpha value is -2.14. The number of carbonyl (C=O) groups excluding carboxylic acids is 1. The van der Waals surface area contributed by atoms with Crippen LogP contribution in [0.15, 0.2) is 54.6 Å². The Kier molecular flexibility index (Phi) is 3.98. The summed E-state index contributed by atoms with van der Waals surface area (Å²) in [5.41, 5.74) is 0.521. The molecule has 0 saturated heterocycles. The molecule has 1 fully saturated rings. The third-order valence-corrected chi connectivity index (χ3v) is 4.37. The standard InChI is InChI=1S/C18H15F3O2/c19-18(20,21)13-8-6-12(7-9-13)17(23)16-14(10-15(16)22)11-4-2-1-3-5-11/h1-9,14,16-17,23H,10H2/t14-,16-,17+/m1/s1. The minimum atomic E-state index is -4.41. The molecule has 0 amide bonds. The summed E-state index contributed by atoms with van der Waals surface area (Å²) in [5.74, 6) is -0.763. The Morgan fingerprint density at radius 3 is 2.13 bits per heavy atom. The third kappa shape index (κ3) is 3.01. The highest BCUT2D eigenvalue weighted by Crippen LogP contribution is 2.46. The molecule has 5 heteroatoms. The van der Waals surface area contributed by atoms with Gasteiger partial charge in [0.15, 0.2) is 0 Å². The maximum Gasteiger partial charge on any atom is 0.416 e. The van der Waals surface area contributed by atoms with Gasteiger partial charge in [0.05, 0.1) is 17.6 Å². The zero-order valence-corrected chi connectivity index (χ0v) is 12.1. The van der Waals surface area contributed by atoms with Crippen LogP contribution in [0.5, 0.6) is 0 Å². The smallest absolute Gasteiger partial charge is 0.388 e. The molecule has 2 aromatic carbocycles. The second kappa shape index (κ2) is 5.81. The van der Waals surface area contributed by atoms with Crippen LogP contribution in [0.25, 0.3) is 0 Å². The van der Waals surface area contributed by atoms with Gasteiger partial charge in [-0.15, -0.1) is 0 Å². The van der Waals surface area contributed by atoms with Crippen molar-refractivity contribution in [2.24, 2.45) is 5.92 Å². The van der Waals surface area contributed by atoms with E-state index < -0.39 is 23.8 Å². The maximum atomic E-state index is 12.6. The van der Waals surface area contributed by atoms with Crippen molar-refractivity contribution in [3.8, 4) is 0 Å². The quantitative estimate of drug-likeness (QED) is 0.924. The van der Waals surface area contributed by atoms with Crippen molar-refractivity contribution in [2.45, 2.75) is 24.6 Å². The number of hydrogen-bond donors (Lipinski definition) is 1. The van der Waals surface area contributed by atoms with Crippen molar-refractivity contribution in [2.75, 3.05) is 0 Å². The van der Waals surface area contributed by atoms with E-state index in [1.165, 1.54) is 12.1 Å². The van der Waals surface area contributed by atoms with Gasteiger partial charge in [-0.05, 0) is 23.3 Å². The molecule has 1 aliphatic carbocycles. The minimum absolute atomic E-state index is 0.0637. The Bertz CT molecular complexity index is 692. The van der Waals surface area contributed by atoms with Gasteiger partial charge >= 0.3 is 6.18 Å². The zero-order chi connectivity index (χ0) is 16.6. The molecule has 23 heavy (non-hydrogen) atoms. The molecule has 1 saturated carbocycles. The lowest BCUT2D eigenvalue weighted by molar-refractivity contribution is -0.138. The van der Waals surface area contributed by atoms with Gasteiger partial charge in [-0.25, -0.2) is 0 Å². The highest BCUT2D eigenvalue weighted by Gasteiger charge is 2.45. The van der Waals surface area contributed by atoms with E-state index in [1.54, 1.807) is 0 Å². The average Bonchev–Trinajstić information content (AvgIpc) is 2.52. The average molecular weight is 320 g/mol. The number of carbonyl (C=O) groups is 1. The van der Waals surface area contributed by atoms with Crippen LogP contribution >= 0.6 is 0 Å². The van der Waals surface area contributed by atoms with E-state index in [9.17, 15) is 23.1 Å². The first-order valence-corrected chi connectivity index (χ1v) is 7.31.